The zero-order valence-corrected chi connectivity index (χ0v) is 22.6. The van der Waals surface area contributed by atoms with Crippen molar-refractivity contribution >= 4 is 22.5 Å². The number of carbonyl (C=O) groups excluding carboxylic acids is 1. The van der Waals surface area contributed by atoms with E-state index >= 15 is 0 Å². The van der Waals surface area contributed by atoms with Gasteiger partial charge in [-0.2, -0.15) is 5.10 Å². The topological polar surface area (TPSA) is 114 Å². The normalized spacial score (nSPS) is 15.7. The van der Waals surface area contributed by atoms with Gasteiger partial charge in [0.15, 0.2) is 11.0 Å². The third-order valence-corrected chi connectivity index (χ3v) is 8.32. The van der Waals surface area contributed by atoms with Gasteiger partial charge in [-0.1, -0.05) is 18.3 Å². The van der Waals surface area contributed by atoms with E-state index in [-0.39, 0.29) is 6.03 Å². The summed E-state index contributed by atoms with van der Waals surface area (Å²) in [5, 5.41) is 11.6. The van der Waals surface area contributed by atoms with Crippen LogP contribution in [0.25, 0.3) is 21.8 Å². The first-order chi connectivity index (χ1) is 18.6. The van der Waals surface area contributed by atoms with Crippen molar-refractivity contribution < 1.29 is 9.21 Å². The number of oxazole rings is 1. The standard InChI is InChI=1S/C27H32N8O2S/c1-3-19-16-30-22(37-19)8-12-29-26(36)32-27-31-21-7-6-20-23(17-5-4-11-28-15-17)33-35(24(20)25(21)38-27)18-9-13-34(2)14-10-18/h4-5,11,15-16,18H,3,6-10,12-14H2,1-2H3,(H2,29,31,32,36). The monoisotopic (exact) mass is 532 g/mol. The number of pyridine rings is 1. The third kappa shape index (κ3) is 4.95. The SMILES string of the molecule is CCc1cnc(CCNC(=O)Nc2nc3c(s2)-c2c(c(-c4cccnc4)nn2C2CCN(C)CC2)CC3)o1. The lowest BCUT2D eigenvalue weighted by Gasteiger charge is -2.30. The lowest BCUT2D eigenvalue weighted by Crippen LogP contribution is -2.32. The molecule has 4 aromatic rings. The minimum atomic E-state index is -0.279. The van der Waals surface area contributed by atoms with Crippen molar-refractivity contribution in [3.63, 3.8) is 0 Å². The highest BCUT2D eigenvalue weighted by atomic mass is 32.1. The van der Waals surface area contributed by atoms with Crippen molar-refractivity contribution in [1.82, 2.24) is 34.9 Å². The average Bonchev–Trinajstić information content (AvgIpc) is 3.66. The smallest absolute Gasteiger partial charge is 0.321 e. The fraction of sp³-hybridized carbons (Fsp3) is 0.444. The molecule has 11 heteroatoms. The van der Waals surface area contributed by atoms with Crippen LogP contribution in [-0.4, -0.2) is 62.3 Å². The maximum absolute atomic E-state index is 12.6. The van der Waals surface area contributed by atoms with Crippen molar-refractivity contribution in [2.24, 2.45) is 0 Å². The van der Waals surface area contributed by atoms with Crippen LogP contribution in [0.15, 0.2) is 35.1 Å². The van der Waals surface area contributed by atoms with Crippen molar-refractivity contribution in [3.8, 4) is 21.8 Å². The maximum atomic E-state index is 12.6. The Kier molecular flexibility index (Phi) is 6.94. The van der Waals surface area contributed by atoms with E-state index < -0.39 is 0 Å². The minimum Gasteiger partial charge on any atom is -0.446 e. The maximum Gasteiger partial charge on any atom is 0.321 e. The summed E-state index contributed by atoms with van der Waals surface area (Å²) in [6.45, 7) is 4.56. The zero-order chi connectivity index (χ0) is 26.1. The number of aryl methyl sites for hydroxylation is 2. The van der Waals surface area contributed by atoms with Crippen LogP contribution in [0.2, 0.25) is 0 Å². The zero-order valence-electron chi connectivity index (χ0n) is 21.7. The molecule has 2 aliphatic rings. The largest absolute Gasteiger partial charge is 0.446 e. The Balaban J connectivity index is 1.23. The summed E-state index contributed by atoms with van der Waals surface area (Å²) in [4.78, 5) is 29.5. The molecule has 5 heterocycles. The molecule has 0 atom stereocenters. The van der Waals surface area contributed by atoms with Crippen LogP contribution in [0.4, 0.5) is 9.93 Å². The lowest BCUT2D eigenvalue weighted by atomic mass is 9.95. The molecule has 1 saturated heterocycles. The van der Waals surface area contributed by atoms with E-state index in [0.29, 0.717) is 30.0 Å². The van der Waals surface area contributed by atoms with Crippen LogP contribution < -0.4 is 10.6 Å². The first kappa shape index (κ1) is 24.7. The van der Waals surface area contributed by atoms with E-state index in [4.69, 9.17) is 14.5 Å². The Labute approximate surface area is 225 Å². The molecule has 2 N–H and O–H groups in total. The molecule has 0 unspecified atom stereocenters. The van der Waals surface area contributed by atoms with Gasteiger partial charge in [0.25, 0.3) is 0 Å². The molecule has 0 spiro atoms. The first-order valence-corrected chi connectivity index (χ1v) is 14.1. The van der Waals surface area contributed by atoms with Gasteiger partial charge in [0.2, 0.25) is 0 Å². The Hall–Kier alpha value is -3.57. The summed E-state index contributed by atoms with van der Waals surface area (Å²) in [5.74, 6) is 1.48. The third-order valence-electron chi connectivity index (χ3n) is 7.30. The van der Waals surface area contributed by atoms with Gasteiger partial charge in [-0.25, -0.2) is 14.8 Å². The van der Waals surface area contributed by atoms with Crippen LogP contribution in [0.5, 0.6) is 0 Å². The second-order valence-electron chi connectivity index (χ2n) is 9.90. The average molecular weight is 533 g/mol. The lowest BCUT2D eigenvalue weighted by molar-refractivity contribution is 0.213. The summed E-state index contributed by atoms with van der Waals surface area (Å²) in [6, 6.07) is 4.10. The number of rotatable bonds is 7. The number of nitrogens with zero attached hydrogens (tertiary/aromatic N) is 6. The van der Waals surface area contributed by atoms with Gasteiger partial charge < -0.3 is 14.6 Å². The van der Waals surface area contributed by atoms with E-state index in [1.54, 1.807) is 12.4 Å². The van der Waals surface area contributed by atoms with Gasteiger partial charge >= 0.3 is 6.03 Å². The molecule has 4 aromatic heterocycles. The highest BCUT2D eigenvalue weighted by molar-refractivity contribution is 7.19. The number of aromatic nitrogens is 5. The fourth-order valence-electron chi connectivity index (χ4n) is 5.24. The number of nitrogens with one attached hydrogen (secondary N) is 2. The van der Waals surface area contributed by atoms with E-state index in [2.05, 4.69) is 43.3 Å². The predicted octanol–water partition coefficient (Wildman–Crippen LogP) is 4.35. The van der Waals surface area contributed by atoms with E-state index in [9.17, 15) is 4.79 Å². The molecule has 198 valence electrons. The number of likely N-dealkylation sites (tertiary alicyclic amines) is 1. The van der Waals surface area contributed by atoms with Crippen molar-refractivity contribution in [2.45, 2.75) is 51.5 Å². The molecule has 0 bridgehead atoms. The second-order valence-corrected chi connectivity index (χ2v) is 10.9. The van der Waals surface area contributed by atoms with Crippen LogP contribution in [0.3, 0.4) is 0 Å². The van der Waals surface area contributed by atoms with Gasteiger partial charge in [0, 0.05) is 42.9 Å². The number of thiazole rings is 1. The van der Waals surface area contributed by atoms with Crippen molar-refractivity contribution in [3.05, 3.63) is 53.6 Å². The van der Waals surface area contributed by atoms with Crippen LogP contribution in [-0.2, 0) is 25.7 Å². The molecular formula is C27H32N8O2S. The molecule has 1 fully saturated rings. The summed E-state index contributed by atoms with van der Waals surface area (Å²) in [6.07, 6.45) is 10.6. The molecule has 1 aliphatic carbocycles. The predicted molar refractivity (Wildman–Crippen MR) is 146 cm³/mol. The fourth-order valence-corrected chi connectivity index (χ4v) is 6.31. The highest BCUT2D eigenvalue weighted by Gasteiger charge is 2.32. The Bertz CT molecular complexity index is 1420. The number of hydrogen-bond donors (Lipinski definition) is 2. The van der Waals surface area contributed by atoms with Gasteiger partial charge in [-0.3, -0.25) is 15.0 Å². The van der Waals surface area contributed by atoms with Crippen LogP contribution in [0.1, 0.15) is 48.7 Å². The number of amides is 2. The quantitative estimate of drug-likeness (QED) is 0.364. The number of urea groups is 1. The number of piperidine rings is 1. The Morgan fingerprint density at radius 2 is 2.11 bits per heavy atom. The first-order valence-electron chi connectivity index (χ1n) is 13.3. The van der Waals surface area contributed by atoms with Gasteiger partial charge in [0.05, 0.1) is 34.2 Å². The molecule has 2 amide bonds. The molecule has 1 aliphatic heterocycles. The van der Waals surface area contributed by atoms with Gasteiger partial charge in [0.1, 0.15) is 5.76 Å². The molecule has 10 nitrogen and oxygen atoms in total. The molecule has 0 radical (unpaired) electrons. The number of hydrogen-bond acceptors (Lipinski definition) is 8. The van der Waals surface area contributed by atoms with E-state index in [1.807, 2.05) is 19.2 Å². The van der Waals surface area contributed by atoms with Gasteiger partial charge in [-0.05, 0) is 58.0 Å². The summed E-state index contributed by atoms with van der Waals surface area (Å²) in [7, 11) is 2.17. The van der Waals surface area contributed by atoms with Crippen molar-refractivity contribution in [1.29, 1.82) is 0 Å². The molecule has 0 aromatic carbocycles. The van der Waals surface area contributed by atoms with E-state index in [1.165, 1.54) is 16.9 Å². The Morgan fingerprint density at radius 1 is 1.24 bits per heavy atom. The summed E-state index contributed by atoms with van der Waals surface area (Å²) in [5.41, 5.74) is 5.48. The second kappa shape index (κ2) is 10.7. The molecule has 6 rings (SSSR count). The molecular weight excluding hydrogens is 500 g/mol. The van der Waals surface area contributed by atoms with Crippen LogP contribution in [0, 0.1) is 0 Å². The minimum absolute atomic E-state index is 0.279. The van der Waals surface area contributed by atoms with Gasteiger partial charge in [-0.15, -0.1) is 0 Å². The molecule has 0 saturated carbocycles. The number of anilines is 1. The highest BCUT2D eigenvalue weighted by Crippen LogP contribution is 2.45. The Morgan fingerprint density at radius 3 is 2.87 bits per heavy atom. The number of fused-ring (bicyclic) bond motifs is 3. The summed E-state index contributed by atoms with van der Waals surface area (Å²) < 4.78 is 7.86. The molecule has 38 heavy (non-hydrogen) atoms. The van der Waals surface area contributed by atoms with E-state index in [0.717, 1.165) is 78.5 Å². The van der Waals surface area contributed by atoms with Crippen molar-refractivity contribution in [2.75, 3.05) is 32.0 Å². The summed E-state index contributed by atoms with van der Waals surface area (Å²) >= 11 is 1.53. The van der Waals surface area contributed by atoms with Crippen LogP contribution >= 0.6 is 11.3 Å². The number of carbonyl (C=O) groups is 1.